The molecule has 34 heavy (non-hydrogen) atoms. The quantitative estimate of drug-likeness (QED) is 0.373. The maximum absolute atomic E-state index is 13.7. The highest BCUT2D eigenvalue weighted by atomic mass is 32.1. The van der Waals surface area contributed by atoms with Gasteiger partial charge in [0.1, 0.15) is 22.4 Å². The zero-order valence-corrected chi connectivity index (χ0v) is 19.7. The van der Waals surface area contributed by atoms with Gasteiger partial charge in [-0.2, -0.15) is 0 Å². The van der Waals surface area contributed by atoms with Crippen molar-refractivity contribution in [1.29, 1.82) is 0 Å². The number of hydrogen-bond acceptors (Lipinski definition) is 8. The second-order valence-electron chi connectivity index (χ2n) is 7.93. The molecule has 5 rings (SSSR count). The van der Waals surface area contributed by atoms with Crippen molar-refractivity contribution in [2.24, 2.45) is 0 Å². The van der Waals surface area contributed by atoms with E-state index in [2.05, 4.69) is 4.90 Å². The van der Waals surface area contributed by atoms with Gasteiger partial charge in [-0.1, -0.05) is 35.6 Å². The molecule has 8 nitrogen and oxygen atoms in total. The predicted octanol–water partition coefficient (Wildman–Crippen LogP) is 3.78. The van der Waals surface area contributed by atoms with Gasteiger partial charge in [0.25, 0.3) is 5.91 Å². The number of carbonyl (C=O) groups excluding carboxylic acids is 1. The number of benzene rings is 2. The summed E-state index contributed by atoms with van der Waals surface area (Å²) in [6.07, 6.45) is 0. The lowest BCUT2D eigenvalue weighted by Gasteiger charge is -2.29. The van der Waals surface area contributed by atoms with Crippen LogP contribution in [0.3, 0.4) is 0 Å². The smallest absolute Gasteiger partial charge is 0.349 e. The van der Waals surface area contributed by atoms with Crippen LogP contribution in [0.1, 0.15) is 17.3 Å². The third-order valence-corrected chi connectivity index (χ3v) is 6.81. The molecule has 0 unspecified atom stereocenters. The molecule has 1 amide bonds. The second-order valence-corrected chi connectivity index (χ2v) is 8.94. The van der Waals surface area contributed by atoms with Crippen LogP contribution in [0, 0.1) is 0 Å². The van der Waals surface area contributed by atoms with Crippen molar-refractivity contribution in [3.8, 4) is 5.75 Å². The molecule has 0 atom stereocenters. The van der Waals surface area contributed by atoms with Crippen LogP contribution in [-0.2, 0) is 4.74 Å². The van der Waals surface area contributed by atoms with E-state index in [1.54, 1.807) is 23.1 Å². The fraction of sp³-hybridized carbons (Fsp3) is 0.320. The number of fused-ring (bicyclic) bond motifs is 2. The molecule has 9 heteroatoms. The first-order chi connectivity index (χ1) is 16.6. The Kier molecular flexibility index (Phi) is 6.57. The van der Waals surface area contributed by atoms with Gasteiger partial charge in [-0.3, -0.25) is 14.6 Å². The van der Waals surface area contributed by atoms with Crippen molar-refractivity contribution in [2.45, 2.75) is 6.92 Å². The zero-order chi connectivity index (χ0) is 23.5. The number of ether oxygens (including phenoxy) is 2. The van der Waals surface area contributed by atoms with Crippen LogP contribution in [0.5, 0.6) is 5.75 Å². The summed E-state index contributed by atoms with van der Waals surface area (Å²) in [5, 5.41) is 1.22. The number of aromatic nitrogens is 1. The van der Waals surface area contributed by atoms with E-state index >= 15 is 0 Å². The van der Waals surface area contributed by atoms with Crippen molar-refractivity contribution in [3.63, 3.8) is 0 Å². The minimum absolute atomic E-state index is 0.00929. The van der Waals surface area contributed by atoms with Gasteiger partial charge >= 0.3 is 5.63 Å². The Morgan fingerprint density at radius 2 is 2.00 bits per heavy atom. The Bertz CT molecular complexity index is 1380. The number of hydrogen-bond donors (Lipinski definition) is 0. The van der Waals surface area contributed by atoms with E-state index in [0.717, 1.165) is 17.8 Å². The molecular formula is C25H25N3O5S. The topological polar surface area (TPSA) is 85.1 Å². The summed E-state index contributed by atoms with van der Waals surface area (Å²) in [5.74, 6) is 0.248. The Hall–Kier alpha value is -3.27. The molecule has 3 heterocycles. The van der Waals surface area contributed by atoms with Crippen LogP contribution in [0.15, 0.2) is 57.7 Å². The summed E-state index contributed by atoms with van der Waals surface area (Å²) < 4.78 is 17.5. The summed E-state index contributed by atoms with van der Waals surface area (Å²) in [4.78, 5) is 35.1. The van der Waals surface area contributed by atoms with Gasteiger partial charge < -0.3 is 13.9 Å². The van der Waals surface area contributed by atoms with Gasteiger partial charge in [0.2, 0.25) is 0 Å². The minimum atomic E-state index is -0.656. The number of amides is 1. The van der Waals surface area contributed by atoms with Gasteiger partial charge in [0, 0.05) is 31.6 Å². The lowest BCUT2D eigenvalue weighted by atomic mass is 10.1. The van der Waals surface area contributed by atoms with Crippen molar-refractivity contribution in [2.75, 3.05) is 50.9 Å². The number of thiazole rings is 1. The lowest BCUT2D eigenvalue weighted by Crippen LogP contribution is -2.44. The van der Waals surface area contributed by atoms with Crippen molar-refractivity contribution < 1.29 is 18.7 Å². The number of rotatable bonds is 7. The predicted molar refractivity (Wildman–Crippen MR) is 132 cm³/mol. The molecule has 4 aromatic rings. The van der Waals surface area contributed by atoms with Crippen LogP contribution >= 0.6 is 11.3 Å². The summed E-state index contributed by atoms with van der Waals surface area (Å²) in [5.41, 5.74) is 0.491. The Balaban J connectivity index is 1.53. The molecular weight excluding hydrogens is 454 g/mol. The highest BCUT2D eigenvalue weighted by Gasteiger charge is 2.26. The lowest BCUT2D eigenvalue weighted by molar-refractivity contribution is 0.0391. The summed E-state index contributed by atoms with van der Waals surface area (Å²) in [7, 11) is 0. The first-order valence-corrected chi connectivity index (χ1v) is 12.1. The Morgan fingerprint density at radius 3 is 2.82 bits per heavy atom. The van der Waals surface area contributed by atoms with E-state index < -0.39 is 11.5 Å². The van der Waals surface area contributed by atoms with E-state index in [1.165, 1.54) is 11.3 Å². The fourth-order valence-electron chi connectivity index (χ4n) is 4.01. The molecule has 176 valence electrons. The maximum atomic E-state index is 13.7. The van der Waals surface area contributed by atoms with E-state index in [1.807, 2.05) is 37.3 Å². The molecule has 1 saturated heterocycles. The molecule has 2 aromatic heterocycles. The van der Waals surface area contributed by atoms with Crippen LogP contribution in [0.4, 0.5) is 5.13 Å². The first-order valence-electron chi connectivity index (χ1n) is 11.3. The highest BCUT2D eigenvalue weighted by molar-refractivity contribution is 7.22. The molecule has 1 aliphatic rings. The molecule has 0 bridgehead atoms. The fourth-order valence-corrected chi connectivity index (χ4v) is 5.01. The van der Waals surface area contributed by atoms with Gasteiger partial charge in [-0.15, -0.1) is 0 Å². The Morgan fingerprint density at radius 1 is 1.18 bits per heavy atom. The van der Waals surface area contributed by atoms with Crippen LogP contribution in [0.25, 0.3) is 21.2 Å². The van der Waals surface area contributed by atoms with Gasteiger partial charge in [0.15, 0.2) is 5.13 Å². The molecule has 0 radical (unpaired) electrons. The molecule has 0 N–H and O–H groups in total. The van der Waals surface area contributed by atoms with Crippen molar-refractivity contribution in [1.82, 2.24) is 9.88 Å². The summed E-state index contributed by atoms with van der Waals surface area (Å²) >= 11 is 1.40. The molecule has 0 saturated carbocycles. The molecule has 0 spiro atoms. The highest BCUT2D eigenvalue weighted by Crippen LogP contribution is 2.34. The third-order valence-electron chi connectivity index (χ3n) is 5.76. The number of morpholine rings is 1. The van der Waals surface area contributed by atoms with Crippen molar-refractivity contribution >= 4 is 43.6 Å². The number of anilines is 1. The number of carbonyl (C=O) groups is 1. The van der Waals surface area contributed by atoms with Crippen LogP contribution in [-0.4, -0.2) is 61.8 Å². The molecule has 1 fully saturated rings. The molecule has 2 aromatic carbocycles. The van der Waals surface area contributed by atoms with E-state index in [4.69, 9.17) is 18.9 Å². The van der Waals surface area contributed by atoms with Crippen molar-refractivity contribution in [3.05, 3.63) is 64.5 Å². The average molecular weight is 480 g/mol. The molecule has 0 aliphatic carbocycles. The van der Waals surface area contributed by atoms with Gasteiger partial charge in [-0.25, -0.2) is 9.78 Å². The third kappa shape index (κ3) is 4.54. The van der Waals surface area contributed by atoms with E-state index in [-0.39, 0.29) is 5.56 Å². The normalized spacial score (nSPS) is 14.5. The Labute approximate surface area is 200 Å². The maximum Gasteiger partial charge on any atom is 0.349 e. The zero-order valence-electron chi connectivity index (χ0n) is 18.9. The van der Waals surface area contributed by atoms with Gasteiger partial charge in [0.05, 0.1) is 24.5 Å². The van der Waals surface area contributed by atoms with E-state index in [0.29, 0.717) is 60.3 Å². The minimum Gasteiger partial charge on any atom is -0.492 e. The SMILES string of the molecule is CCOc1cccc2sc(N(CCN3CCOCC3)C(=O)c3cc4ccccc4oc3=O)nc12. The standard InChI is InChI=1S/C25H25N3O5S/c1-2-32-20-8-5-9-21-22(20)26-25(34-21)28(11-10-27-12-14-31-15-13-27)23(29)18-16-17-6-3-4-7-19(17)33-24(18)30/h3-9,16H,2,10-15H2,1H3. The van der Waals surface area contributed by atoms with Gasteiger partial charge in [-0.05, 0) is 31.2 Å². The summed E-state index contributed by atoms with van der Waals surface area (Å²) in [6, 6.07) is 14.5. The van der Waals surface area contributed by atoms with E-state index in [9.17, 15) is 9.59 Å². The largest absolute Gasteiger partial charge is 0.492 e. The summed E-state index contributed by atoms with van der Waals surface area (Å²) in [6.45, 7) is 6.40. The van der Waals surface area contributed by atoms with Crippen LogP contribution in [0.2, 0.25) is 0 Å². The average Bonchev–Trinajstić information content (AvgIpc) is 3.29. The number of para-hydroxylation sites is 2. The molecule has 1 aliphatic heterocycles. The first kappa shape index (κ1) is 22.5. The van der Waals surface area contributed by atoms with Crippen LogP contribution < -0.4 is 15.3 Å². The second kappa shape index (κ2) is 9.92. The monoisotopic (exact) mass is 479 g/mol. The number of nitrogens with zero attached hydrogens (tertiary/aromatic N) is 3.